The summed E-state index contributed by atoms with van der Waals surface area (Å²) in [6.45, 7) is 5.70. The van der Waals surface area contributed by atoms with E-state index in [9.17, 15) is 5.11 Å². The monoisotopic (exact) mass is 233 g/mol. The minimum atomic E-state index is 0.326. The first-order valence-electron chi connectivity index (χ1n) is 5.87. The molecule has 1 N–H and O–H groups in total. The quantitative estimate of drug-likeness (QED) is 0.883. The van der Waals surface area contributed by atoms with E-state index in [1.165, 1.54) is 0 Å². The average molecular weight is 233 g/mol. The van der Waals surface area contributed by atoms with Crippen LogP contribution in [-0.2, 0) is 13.1 Å². The van der Waals surface area contributed by atoms with E-state index in [1.807, 2.05) is 32.0 Å². The van der Waals surface area contributed by atoms with Gasteiger partial charge in [-0.3, -0.25) is 0 Å². The van der Waals surface area contributed by atoms with Crippen molar-refractivity contribution >= 4 is 11.0 Å². The van der Waals surface area contributed by atoms with Crippen LogP contribution in [0.1, 0.15) is 18.3 Å². The summed E-state index contributed by atoms with van der Waals surface area (Å²) < 4.78 is 2.16. The molecule has 0 aliphatic carbocycles. The van der Waals surface area contributed by atoms with E-state index in [0.29, 0.717) is 12.3 Å². The lowest BCUT2D eigenvalue weighted by Crippen LogP contribution is -2.11. The molecule has 0 atom stereocenters. The number of aryl methyl sites for hydroxylation is 2. The second-order valence-electron chi connectivity index (χ2n) is 4.57. The van der Waals surface area contributed by atoms with Crippen LogP contribution < -0.4 is 0 Å². The molecule has 0 saturated heterocycles. The van der Waals surface area contributed by atoms with Crippen molar-refractivity contribution in [3.8, 4) is 5.75 Å². The summed E-state index contributed by atoms with van der Waals surface area (Å²) in [6, 6.07) is 3.70. The maximum Gasteiger partial charge on any atom is 0.122 e. The summed E-state index contributed by atoms with van der Waals surface area (Å²) in [6.07, 6.45) is 0. The number of benzene rings is 1. The van der Waals surface area contributed by atoms with E-state index >= 15 is 0 Å². The zero-order valence-corrected chi connectivity index (χ0v) is 10.9. The Bertz CT molecular complexity index is 543. The normalized spacial score (nSPS) is 11.6. The summed E-state index contributed by atoms with van der Waals surface area (Å²) in [5, 5.41) is 9.95. The van der Waals surface area contributed by atoms with E-state index < -0.39 is 0 Å². The van der Waals surface area contributed by atoms with Crippen LogP contribution in [0.3, 0.4) is 0 Å². The molecule has 0 unspecified atom stereocenters. The van der Waals surface area contributed by atoms with Gasteiger partial charge in [0.2, 0.25) is 0 Å². The van der Waals surface area contributed by atoms with Crippen LogP contribution in [0.5, 0.6) is 5.75 Å². The Labute approximate surface area is 101 Å². The minimum Gasteiger partial charge on any atom is -0.508 e. The second-order valence-corrected chi connectivity index (χ2v) is 4.57. The molecular formula is C13H19N3O. The zero-order valence-electron chi connectivity index (χ0n) is 10.9. The van der Waals surface area contributed by atoms with Gasteiger partial charge < -0.3 is 14.6 Å². The van der Waals surface area contributed by atoms with Crippen molar-refractivity contribution in [1.29, 1.82) is 0 Å². The predicted molar refractivity (Wildman–Crippen MR) is 69.2 cm³/mol. The van der Waals surface area contributed by atoms with Crippen molar-refractivity contribution < 1.29 is 5.11 Å². The fraction of sp³-hybridized carbons (Fsp3) is 0.462. The third kappa shape index (κ3) is 2.00. The predicted octanol–water partition coefficient (Wildman–Crippen LogP) is 2.13. The summed E-state index contributed by atoms with van der Waals surface area (Å²) >= 11 is 0. The van der Waals surface area contributed by atoms with Gasteiger partial charge in [0, 0.05) is 18.7 Å². The fourth-order valence-electron chi connectivity index (χ4n) is 2.22. The molecule has 0 fully saturated rings. The molecule has 1 aromatic heterocycles. The number of aromatic nitrogens is 2. The van der Waals surface area contributed by atoms with Gasteiger partial charge in [0.1, 0.15) is 11.6 Å². The Hall–Kier alpha value is -1.55. The highest BCUT2D eigenvalue weighted by molar-refractivity contribution is 5.82. The molecule has 17 heavy (non-hydrogen) atoms. The number of hydrogen-bond donors (Lipinski definition) is 1. The molecule has 4 heteroatoms. The smallest absolute Gasteiger partial charge is 0.122 e. The van der Waals surface area contributed by atoms with Gasteiger partial charge in [-0.05, 0) is 40.1 Å². The summed E-state index contributed by atoms with van der Waals surface area (Å²) in [5.41, 5.74) is 2.92. The van der Waals surface area contributed by atoms with Crippen molar-refractivity contribution in [3.05, 3.63) is 23.5 Å². The fourth-order valence-corrected chi connectivity index (χ4v) is 2.22. The first-order chi connectivity index (χ1) is 8.04. The second kappa shape index (κ2) is 4.37. The van der Waals surface area contributed by atoms with Gasteiger partial charge in [-0.1, -0.05) is 0 Å². The molecular weight excluding hydrogens is 214 g/mol. The number of phenols is 1. The van der Waals surface area contributed by atoms with Gasteiger partial charge in [0.25, 0.3) is 0 Å². The van der Waals surface area contributed by atoms with Crippen LogP contribution in [0, 0.1) is 6.92 Å². The van der Waals surface area contributed by atoms with E-state index in [0.717, 1.165) is 29.0 Å². The Balaban J connectivity index is 2.69. The van der Waals surface area contributed by atoms with E-state index in [-0.39, 0.29) is 0 Å². The van der Waals surface area contributed by atoms with Crippen LogP contribution >= 0.6 is 0 Å². The van der Waals surface area contributed by atoms with E-state index in [1.54, 1.807) is 6.07 Å². The standard InChI is InChI=1S/C13H19N3O/c1-5-16-9(2)14-13-10(8-15(3)4)12(17)7-6-11(13)16/h6-7,17H,5,8H2,1-4H3. The van der Waals surface area contributed by atoms with E-state index in [4.69, 9.17) is 0 Å². The van der Waals surface area contributed by atoms with Crippen LogP contribution in [-0.4, -0.2) is 33.7 Å². The molecule has 0 saturated carbocycles. The zero-order chi connectivity index (χ0) is 12.6. The first-order valence-corrected chi connectivity index (χ1v) is 5.87. The van der Waals surface area contributed by atoms with E-state index in [2.05, 4.69) is 16.5 Å². The van der Waals surface area contributed by atoms with Crippen molar-refractivity contribution in [2.24, 2.45) is 0 Å². The number of aromatic hydroxyl groups is 1. The number of imidazole rings is 1. The molecule has 92 valence electrons. The number of hydrogen-bond acceptors (Lipinski definition) is 3. The Morgan fingerprint density at radius 1 is 1.35 bits per heavy atom. The minimum absolute atomic E-state index is 0.326. The first kappa shape index (κ1) is 11.9. The Kier molecular flexibility index (Phi) is 3.07. The molecule has 0 bridgehead atoms. The van der Waals surface area contributed by atoms with Crippen LogP contribution in [0.4, 0.5) is 0 Å². The number of nitrogens with zero attached hydrogens (tertiary/aromatic N) is 3. The Morgan fingerprint density at radius 3 is 2.65 bits per heavy atom. The number of rotatable bonds is 3. The highest BCUT2D eigenvalue weighted by atomic mass is 16.3. The van der Waals surface area contributed by atoms with Crippen molar-refractivity contribution in [2.75, 3.05) is 14.1 Å². The van der Waals surface area contributed by atoms with Crippen LogP contribution in [0.25, 0.3) is 11.0 Å². The molecule has 4 nitrogen and oxygen atoms in total. The molecule has 0 aliphatic rings. The van der Waals surface area contributed by atoms with Gasteiger partial charge in [-0.15, -0.1) is 0 Å². The number of phenolic OH excluding ortho intramolecular Hbond substituents is 1. The maximum absolute atomic E-state index is 9.95. The molecule has 0 spiro atoms. The van der Waals surface area contributed by atoms with Crippen molar-refractivity contribution in [3.63, 3.8) is 0 Å². The molecule has 2 rings (SSSR count). The largest absolute Gasteiger partial charge is 0.508 e. The summed E-state index contributed by atoms with van der Waals surface area (Å²) in [5.74, 6) is 1.32. The summed E-state index contributed by atoms with van der Waals surface area (Å²) in [7, 11) is 3.98. The molecule has 1 heterocycles. The Morgan fingerprint density at radius 2 is 2.06 bits per heavy atom. The van der Waals surface area contributed by atoms with Gasteiger partial charge in [-0.25, -0.2) is 4.98 Å². The van der Waals surface area contributed by atoms with Gasteiger partial charge in [-0.2, -0.15) is 0 Å². The highest BCUT2D eigenvalue weighted by Gasteiger charge is 2.14. The van der Waals surface area contributed by atoms with Gasteiger partial charge >= 0.3 is 0 Å². The van der Waals surface area contributed by atoms with Crippen LogP contribution in [0.2, 0.25) is 0 Å². The lowest BCUT2D eigenvalue weighted by atomic mass is 10.1. The molecule has 0 amide bonds. The summed E-state index contributed by atoms with van der Waals surface area (Å²) in [4.78, 5) is 6.61. The van der Waals surface area contributed by atoms with Gasteiger partial charge in [0.05, 0.1) is 11.0 Å². The highest BCUT2D eigenvalue weighted by Crippen LogP contribution is 2.28. The molecule has 1 aromatic carbocycles. The van der Waals surface area contributed by atoms with Crippen LogP contribution in [0.15, 0.2) is 12.1 Å². The third-order valence-corrected chi connectivity index (χ3v) is 2.98. The average Bonchev–Trinajstić information content (AvgIpc) is 2.58. The van der Waals surface area contributed by atoms with Crippen molar-refractivity contribution in [1.82, 2.24) is 14.5 Å². The number of fused-ring (bicyclic) bond motifs is 1. The van der Waals surface area contributed by atoms with Crippen molar-refractivity contribution in [2.45, 2.75) is 26.9 Å². The SMILES string of the molecule is CCn1c(C)nc2c(CN(C)C)c(O)ccc21. The molecule has 0 radical (unpaired) electrons. The molecule has 0 aliphatic heterocycles. The topological polar surface area (TPSA) is 41.3 Å². The van der Waals surface area contributed by atoms with Gasteiger partial charge in [0.15, 0.2) is 0 Å². The third-order valence-electron chi connectivity index (χ3n) is 2.98. The molecule has 2 aromatic rings. The maximum atomic E-state index is 9.95. The lowest BCUT2D eigenvalue weighted by Gasteiger charge is -2.12. The lowest BCUT2D eigenvalue weighted by molar-refractivity contribution is 0.387.